The molecular formula is C12H12F3N3S. The highest BCUT2D eigenvalue weighted by Crippen LogP contribution is 2.32. The van der Waals surface area contributed by atoms with Crippen molar-refractivity contribution in [1.29, 1.82) is 0 Å². The van der Waals surface area contributed by atoms with E-state index in [1.54, 1.807) is 12.3 Å². The summed E-state index contributed by atoms with van der Waals surface area (Å²) in [4.78, 5) is 0.793. The van der Waals surface area contributed by atoms with Crippen molar-refractivity contribution < 1.29 is 13.2 Å². The van der Waals surface area contributed by atoms with Gasteiger partial charge in [-0.2, -0.15) is 13.2 Å². The van der Waals surface area contributed by atoms with Gasteiger partial charge in [-0.05, 0) is 35.8 Å². The molecule has 1 aromatic carbocycles. The van der Waals surface area contributed by atoms with E-state index in [1.807, 2.05) is 6.92 Å². The molecule has 7 heteroatoms. The second-order valence-electron chi connectivity index (χ2n) is 3.93. The number of hydrogen-bond donors (Lipinski definition) is 1. The molecule has 0 radical (unpaired) electrons. The van der Waals surface area contributed by atoms with Gasteiger partial charge >= 0.3 is 6.18 Å². The molecule has 2 rings (SSSR count). The second kappa shape index (κ2) is 5.66. The fourth-order valence-corrected chi connectivity index (χ4v) is 2.39. The highest BCUT2D eigenvalue weighted by molar-refractivity contribution is 7.05. The van der Waals surface area contributed by atoms with Gasteiger partial charge in [-0.1, -0.05) is 23.5 Å². The minimum atomic E-state index is -4.33. The Hall–Kier alpha value is -1.47. The number of alkyl halides is 3. The number of benzene rings is 1. The molecule has 0 fully saturated rings. The van der Waals surface area contributed by atoms with Crippen LogP contribution in [0.3, 0.4) is 0 Å². The van der Waals surface area contributed by atoms with E-state index < -0.39 is 11.7 Å². The fourth-order valence-electron chi connectivity index (χ4n) is 1.78. The maximum atomic E-state index is 12.7. The molecule has 0 saturated carbocycles. The van der Waals surface area contributed by atoms with Gasteiger partial charge in [-0.3, -0.25) is 0 Å². The van der Waals surface area contributed by atoms with Crippen LogP contribution in [0.5, 0.6) is 0 Å². The van der Waals surface area contributed by atoms with Crippen LogP contribution in [0.25, 0.3) is 0 Å². The third-order valence-electron chi connectivity index (χ3n) is 2.62. The minimum Gasteiger partial charge on any atom is -0.306 e. The van der Waals surface area contributed by atoms with Crippen molar-refractivity contribution in [2.75, 3.05) is 6.54 Å². The molecule has 1 unspecified atom stereocenters. The second-order valence-corrected chi connectivity index (χ2v) is 4.75. The average Bonchev–Trinajstić information content (AvgIpc) is 2.88. The van der Waals surface area contributed by atoms with E-state index in [0.29, 0.717) is 12.1 Å². The minimum absolute atomic E-state index is 0.313. The molecule has 0 spiro atoms. The first kappa shape index (κ1) is 14.0. The van der Waals surface area contributed by atoms with Gasteiger partial charge in [0.25, 0.3) is 0 Å². The van der Waals surface area contributed by atoms with Gasteiger partial charge in [-0.15, -0.1) is 5.10 Å². The summed E-state index contributed by atoms with van der Waals surface area (Å²) in [6.07, 6.45) is -2.77. The van der Waals surface area contributed by atoms with E-state index in [9.17, 15) is 13.2 Å². The van der Waals surface area contributed by atoms with E-state index in [4.69, 9.17) is 0 Å². The lowest BCUT2D eigenvalue weighted by Gasteiger charge is -2.17. The molecule has 1 heterocycles. The molecule has 19 heavy (non-hydrogen) atoms. The standard InChI is InChI=1S/C12H12F3N3S/c1-2-16-11(10-7-17-18-19-10)8-4-3-5-9(6-8)12(13,14)15/h3-7,11,16H,2H2,1H3. The van der Waals surface area contributed by atoms with Crippen molar-refractivity contribution in [2.45, 2.75) is 19.1 Å². The molecule has 0 amide bonds. The molecule has 1 aromatic heterocycles. The summed E-state index contributed by atoms with van der Waals surface area (Å²) in [5, 5.41) is 6.87. The van der Waals surface area contributed by atoms with Gasteiger partial charge in [-0.25, -0.2) is 0 Å². The maximum Gasteiger partial charge on any atom is 0.416 e. The first-order valence-electron chi connectivity index (χ1n) is 5.70. The van der Waals surface area contributed by atoms with Crippen LogP contribution >= 0.6 is 11.5 Å². The van der Waals surface area contributed by atoms with Crippen molar-refractivity contribution in [3.8, 4) is 0 Å². The molecule has 1 atom stereocenters. The average molecular weight is 287 g/mol. The Labute approximate surface area is 112 Å². The van der Waals surface area contributed by atoms with Gasteiger partial charge < -0.3 is 5.32 Å². The van der Waals surface area contributed by atoms with Gasteiger partial charge in [0.2, 0.25) is 0 Å². The Kier molecular flexibility index (Phi) is 4.16. The predicted molar refractivity (Wildman–Crippen MR) is 66.9 cm³/mol. The van der Waals surface area contributed by atoms with Gasteiger partial charge in [0, 0.05) is 0 Å². The zero-order valence-electron chi connectivity index (χ0n) is 10.1. The number of hydrogen-bond acceptors (Lipinski definition) is 4. The summed E-state index contributed by atoms with van der Waals surface area (Å²) in [6, 6.07) is 5.00. The summed E-state index contributed by atoms with van der Waals surface area (Å²) in [6.45, 7) is 2.54. The number of rotatable bonds is 4. The molecule has 2 aromatic rings. The van der Waals surface area contributed by atoms with Crippen molar-refractivity contribution in [1.82, 2.24) is 14.9 Å². The number of nitrogens with one attached hydrogen (secondary N) is 1. The smallest absolute Gasteiger partial charge is 0.306 e. The monoisotopic (exact) mass is 287 g/mol. The van der Waals surface area contributed by atoms with Crippen LogP contribution in [0.2, 0.25) is 0 Å². The van der Waals surface area contributed by atoms with Crippen molar-refractivity contribution >= 4 is 11.5 Å². The van der Waals surface area contributed by atoms with Crippen molar-refractivity contribution in [2.24, 2.45) is 0 Å². The first-order chi connectivity index (χ1) is 9.02. The van der Waals surface area contributed by atoms with Crippen molar-refractivity contribution in [3.05, 3.63) is 46.5 Å². The SMILES string of the molecule is CCNC(c1cccc(C(F)(F)F)c1)c1cnns1. The number of halogens is 3. The lowest BCUT2D eigenvalue weighted by Crippen LogP contribution is -2.21. The molecule has 102 valence electrons. The maximum absolute atomic E-state index is 12.7. The van der Waals surface area contributed by atoms with E-state index in [2.05, 4.69) is 14.9 Å². The Morgan fingerprint density at radius 3 is 2.74 bits per heavy atom. The fraction of sp³-hybridized carbons (Fsp3) is 0.333. The Morgan fingerprint density at radius 1 is 1.37 bits per heavy atom. The van der Waals surface area contributed by atoms with Crippen LogP contribution in [-0.4, -0.2) is 16.1 Å². The number of aromatic nitrogens is 2. The molecular weight excluding hydrogens is 275 g/mol. The molecule has 0 aliphatic rings. The lowest BCUT2D eigenvalue weighted by atomic mass is 10.0. The zero-order valence-corrected chi connectivity index (χ0v) is 10.9. The highest BCUT2D eigenvalue weighted by atomic mass is 32.1. The highest BCUT2D eigenvalue weighted by Gasteiger charge is 2.31. The van der Waals surface area contributed by atoms with E-state index >= 15 is 0 Å². The lowest BCUT2D eigenvalue weighted by molar-refractivity contribution is -0.137. The van der Waals surface area contributed by atoms with Crippen LogP contribution in [0.4, 0.5) is 13.2 Å². The molecule has 0 saturated heterocycles. The molecule has 3 nitrogen and oxygen atoms in total. The third-order valence-corrected chi connectivity index (χ3v) is 3.35. The number of nitrogens with zero attached hydrogens (tertiary/aromatic N) is 2. The van der Waals surface area contributed by atoms with E-state index in [-0.39, 0.29) is 6.04 Å². The van der Waals surface area contributed by atoms with Crippen LogP contribution < -0.4 is 5.32 Å². The van der Waals surface area contributed by atoms with E-state index in [1.165, 1.54) is 17.6 Å². The van der Waals surface area contributed by atoms with Gasteiger partial charge in [0.15, 0.2) is 0 Å². The van der Waals surface area contributed by atoms with Crippen LogP contribution in [0.1, 0.15) is 29.0 Å². The summed E-state index contributed by atoms with van der Waals surface area (Å²) in [7, 11) is 0. The zero-order chi connectivity index (χ0) is 13.9. The van der Waals surface area contributed by atoms with Gasteiger partial charge in [0.1, 0.15) is 0 Å². The van der Waals surface area contributed by atoms with Gasteiger partial charge in [0.05, 0.1) is 22.7 Å². The predicted octanol–water partition coefficient (Wildman–Crippen LogP) is 3.26. The van der Waals surface area contributed by atoms with E-state index in [0.717, 1.165) is 17.0 Å². The topological polar surface area (TPSA) is 37.8 Å². The summed E-state index contributed by atoms with van der Waals surface area (Å²) in [5.74, 6) is 0. The third kappa shape index (κ3) is 3.30. The molecule has 0 bridgehead atoms. The molecule has 0 aliphatic carbocycles. The quantitative estimate of drug-likeness (QED) is 0.938. The largest absolute Gasteiger partial charge is 0.416 e. The first-order valence-corrected chi connectivity index (χ1v) is 6.47. The van der Waals surface area contributed by atoms with Crippen LogP contribution in [-0.2, 0) is 6.18 Å². The van der Waals surface area contributed by atoms with Crippen LogP contribution in [0.15, 0.2) is 30.5 Å². The van der Waals surface area contributed by atoms with Crippen molar-refractivity contribution in [3.63, 3.8) is 0 Å². The Balaban J connectivity index is 2.37. The summed E-state index contributed by atoms with van der Waals surface area (Å²) < 4.78 is 41.9. The van der Waals surface area contributed by atoms with Crippen LogP contribution in [0, 0.1) is 0 Å². The molecule has 1 N–H and O–H groups in total. The summed E-state index contributed by atoms with van der Waals surface area (Å²) >= 11 is 1.17. The summed E-state index contributed by atoms with van der Waals surface area (Å²) in [5.41, 5.74) is -0.0897. The Morgan fingerprint density at radius 2 is 2.16 bits per heavy atom. The molecule has 0 aliphatic heterocycles. The normalized spacial score (nSPS) is 13.5. The Bertz CT molecular complexity index is 525.